The van der Waals surface area contributed by atoms with Crippen LogP contribution in [0.25, 0.3) is 21.1 Å². The molecule has 2 heterocycles. The zero-order valence-corrected chi connectivity index (χ0v) is 15.1. The second-order valence-electron chi connectivity index (χ2n) is 6.76. The fraction of sp³-hybridized carbons (Fsp3) is 0.190. The van der Waals surface area contributed by atoms with Gasteiger partial charge in [0.05, 0.1) is 26.3 Å². The number of thiazole rings is 1. The molecule has 5 rings (SSSR count). The first-order valence-electron chi connectivity index (χ1n) is 8.75. The third-order valence-electron chi connectivity index (χ3n) is 4.73. The Hall–Kier alpha value is -2.79. The summed E-state index contributed by atoms with van der Waals surface area (Å²) in [4.78, 5) is 22.2. The van der Waals surface area contributed by atoms with Crippen molar-refractivity contribution in [2.75, 3.05) is 5.32 Å². The lowest BCUT2D eigenvalue weighted by Crippen LogP contribution is -2.13. The second-order valence-corrected chi connectivity index (χ2v) is 7.99. The van der Waals surface area contributed by atoms with E-state index in [9.17, 15) is 4.79 Å². The van der Waals surface area contributed by atoms with Gasteiger partial charge in [-0.2, -0.15) is 0 Å². The van der Waals surface area contributed by atoms with Crippen molar-refractivity contribution < 1.29 is 4.79 Å². The average Bonchev–Trinajstić information content (AvgIpc) is 3.42. The molecule has 0 unspecified atom stereocenters. The van der Waals surface area contributed by atoms with Crippen molar-refractivity contribution in [1.29, 1.82) is 0 Å². The molecule has 1 aliphatic carbocycles. The van der Waals surface area contributed by atoms with E-state index in [4.69, 9.17) is 4.98 Å². The number of hydrogen-bond donors (Lipinski definition) is 1. The molecule has 1 N–H and O–H groups in total. The largest absolute Gasteiger partial charge is 0.322 e. The van der Waals surface area contributed by atoms with Crippen molar-refractivity contribution in [3.05, 3.63) is 64.8 Å². The van der Waals surface area contributed by atoms with Gasteiger partial charge in [-0.1, -0.05) is 18.2 Å². The number of anilines is 1. The van der Waals surface area contributed by atoms with Gasteiger partial charge in [0.25, 0.3) is 5.91 Å². The van der Waals surface area contributed by atoms with Crippen molar-refractivity contribution in [1.82, 2.24) is 9.97 Å². The van der Waals surface area contributed by atoms with Gasteiger partial charge in [-0.25, -0.2) is 4.98 Å². The molecule has 0 bridgehead atoms. The van der Waals surface area contributed by atoms with E-state index in [1.54, 1.807) is 11.3 Å². The molecule has 5 heteroatoms. The van der Waals surface area contributed by atoms with E-state index in [0.717, 1.165) is 50.4 Å². The predicted molar refractivity (Wildman–Crippen MR) is 106 cm³/mol. The third-order valence-corrected chi connectivity index (χ3v) is 5.66. The number of carbonyl (C=O) groups is 1. The Kier molecular flexibility index (Phi) is 3.50. The van der Waals surface area contributed by atoms with Crippen LogP contribution in [0.4, 0.5) is 5.69 Å². The number of pyridine rings is 1. The zero-order valence-electron chi connectivity index (χ0n) is 14.3. The van der Waals surface area contributed by atoms with Crippen LogP contribution in [0.15, 0.2) is 48.5 Å². The third kappa shape index (κ3) is 2.74. The number of nitrogens with one attached hydrogen (secondary N) is 1. The van der Waals surface area contributed by atoms with E-state index in [1.807, 2.05) is 55.5 Å². The van der Waals surface area contributed by atoms with Crippen molar-refractivity contribution in [3.8, 4) is 0 Å². The smallest absolute Gasteiger partial charge is 0.256 e. The van der Waals surface area contributed by atoms with Crippen LogP contribution in [0.5, 0.6) is 0 Å². The maximum atomic E-state index is 13.0. The number of hydrogen-bond acceptors (Lipinski definition) is 4. The highest BCUT2D eigenvalue weighted by atomic mass is 32.1. The molecule has 0 radical (unpaired) electrons. The van der Waals surface area contributed by atoms with E-state index < -0.39 is 0 Å². The maximum absolute atomic E-state index is 13.0. The fourth-order valence-electron chi connectivity index (χ4n) is 3.29. The minimum Gasteiger partial charge on any atom is -0.322 e. The molecule has 1 amide bonds. The van der Waals surface area contributed by atoms with Gasteiger partial charge in [0.1, 0.15) is 0 Å². The molecule has 1 saturated carbocycles. The highest BCUT2D eigenvalue weighted by molar-refractivity contribution is 7.18. The summed E-state index contributed by atoms with van der Waals surface area (Å²) in [6, 6.07) is 15.7. The van der Waals surface area contributed by atoms with Gasteiger partial charge in [0.15, 0.2) is 0 Å². The Labute approximate surface area is 154 Å². The molecule has 2 aromatic carbocycles. The van der Waals surface area contributed by atoms with Gasteiger partial charge >= 0.3 is 0 Å². The molecule has 2 aromatic heterocycles. The van der Waals surface area contributed by atoms with Crippen LogP contribution in [0, 0.1) is 6.92 Å². The Morgan fingerprint density at radius 2 is 1.92 bits per heavy atom. The number of carbonyl (C=O) groups excluding carboxylic acids is 1. The Bertz CT molecular complexity index is 1160. The van der Waals surface area contributed by atoms with E-state index in [1.165, 1.54) is 0 Å². The Morgan fingerprint density at radius 1 is 1.08 bits per heavy atom. The fourth-order valence-corrected chi connectivity index (χ4v) is 4.15. The number of fused-ring (bicyclic) bond motifs is 2. The molecule has 0 atom stereocenters. The minimum atomic E-state index is -0.0916. The molecule has 128 valence electrons. The summed E-state index contributed by atoms with van der Waals surface area (Å²) < 4.78 is 1.08. The Balaban J connectivity index is 1.54. The maximum Gasteiger partial charge on any atom is 0.256 e. The van der Waals surface area contributed by atoms with Gasteiger partial charge in [0, 0.05) is 22.7 Å². The van der Waals surface area contributed by atoms with Gasteiger partial charge < -0.3 is 5.32 Å². The average molecular weight is 359 g/mol. The highest BCUT2D eigenvalue weighted by Crippen LogP contribution is 2.40. The standard InChI is InChI=1S/C21H17N3OS/c1-12-22-18-9-8-14(10-20(18)26-12)23-21(25)16-11-19(13-6-7-13)24-17-5-3-2-4-15(16)17/h2-5,8-11,13H,6-7H2,1H3,(H,23,25). The molecule has 0 aliphatic heterocycles. The van der Waals surface area contributed by atoms with Gasteiger partial charge in [-0.3, -0.25) is 9.78 Å². The Morgan fingerprint density at radius 3 is 2.77 bits per heavy atom. The first kappa shape index (κ1) is 15.5. The number of para-hydroxylation sites is 1. The van der Waals surface area contributed by atoms with Crippen LogP contribution < -0.4 is 5.32 Å². The van der Waals surface area contributed by atoms with Crippen molar-refractivity contribution >= 4 is 44.1 Å². The second kappa shape index (κ2) is 5.88. The zero-order chi connectivity index (χ0) is 17.7. The summed E-state index contributed by atoms with van der Waals surface area (Å²) in [6.07, 6.45) is 2.32. The van der Waals surface area contributed by atoms with Crippen molar-refractivity contribution in [2.24, 2.45) is 0 Å². The first-order chi connectivity index (χ1) is 12.7. The number of nitrogens with zero attached hydrogens (tertiary/aromatic N) is 2. The number of aromatic nitrogens is 2. The molecular weight excluding hydrogens is 342 g/mol. The minimum absolute atomic E-state index is 0.0916. The van der Waals surface area contributed by atoms with E-state index in [-0.39, 0.29) is 5.91 Å². The lowest BCUT2D eigenvalue weighted by molar-refractivity contribution is 0.102. The summed E-state index contributed by atoms with van der Waals surface area (Å²) in [7, 11) is 0. The van der Waals surface area contributed by atoms with E-state index >= 15 is 0 Å². The number of amides is 1. The molecule has 26 heavy (non-hydrogen) atoms. The topological polar surface area (TPSA) is 54.9 Å². The quantitative estimate of drug-likeness (QED) is 0.541. The number of benzene rings is 2. The molecule has 1 fully saturated rings. The summed E-state index contributed by atoms with van der Waals surface area (Å²) >= 11 is 1.63. The van der Waals surface area contributed by atoms with Crippen LogP contribution in [0.2, 0.25) is 0 Å². The monoisotopic (exact) mass is 359 g/mol. The van der Waals surface area contributed by atoms with Crippen molar-refractivity contribution in [3.63, 3.8) is 0 Å². The van der Waals surface area contributed by atoms with Crippen LogP contribution in [-0.2, 0) is 0 Å². The summed E-state index contributed by atoms with van der Waals surface area (Å²) in [5.41, 5.74) is 4.37. The first-order valence-corrected chi connectivity index (χ1v) is 9.57. The summed E-state index contributed by atoms with van der Waals surface area (Å²) in [6.45, 7) is 1.99. The van der Waals surface area contributed by atoms with Crippen LogP contribution >= 0.6 is 11.3 Å². The summed E-state index contributed by atoms with van der Waals surface area (Å²) in [5, 5.41) is 4.97. The SMILES string of the molecule is Cc1nc2ccc(NC(=O)c3cc(C4CC4)nc4ccccc34)cc2s1. The van der Waals surface area contributed by atoms with Gasteiger partial charge in [-0.15, -0.1) is 11.3 Å². The van der Waals surface area contributed by atoms with E-state index in [2.05, 4.69) is 10.3 Å². The number of aryl methyl sites for hydroxylation is 1. The molecule has 1 aliphatic rings. The number of rotatable bonds is 3. The van der Waals surface area contributed by atoms with Crippen LogP contribution in [-0.4, -0.2) is 15.9 Å². The van der Waals surface area contributed by atoms with Crippen LogP contribution in [0.3, 0.4) is 0 Å². The van der Waals surface area contributed by atoms with E-state index in [0.29, 0.717) is 11.5 Å². The highest BCUT2D eigenvalue weighted by Gasteiger charge is 2.27. The normalized spacial score (nSPS) is 14.0. The molecule has 4 aromatic rings. The lowest BCUT2D eigenvalue weighted by atomic mass is 10.1. The molecular formula is C21H17N3OS. The van der Waals surface area contributed by atoms with Crippen molar-refractivity contribution in [2.45, 2.75) is 25.7 Å². The molecule has 0 spiro atoms. The lowest BCUT2D eigenvalue weighted by Gasteiger charge is -2.10. The molecule has 4 nitrogen and oxygen atoms in total. The van der Waals surface area contributed by atoms with Gasteiger partial charge in [0.2, 0.25) is 0 Å². The predicted octanol–water partition coefficient (Wildman–Crippen LogP) is 5.28. The van der Waals surface area contributed by atoms with Crippen LogP contribution in [0.1, 0.15) is 39.8 Å². The molecule has 0 saturated heterocycles. The van der Waals surface area contributed by atoms with Gasteiger partial charge in [-0.05, 0) is 50.1 Å². The summed E-state index contributed by atoms with van der Waals surface area (Å²) in [5.74, 6) is 0.411.